The SMILES string of the molecule is O=C1N[C@H](c2cccc(F)c2Cl)C(F)(F)CO1. The van der Waals surface area contributed by atoms with Gasteiger partial charge in [0.05, 0.1) is 5.02 Å². The summed E-state index contributed by atoms with van der Waals surface area (Å²) in [6.07, 6.45) is -0.985. The molecule has 1 aliphatic heterocycles. The first-order valence-corrected chi connectivity index (χ1v) is 5.04. The predicted octanol–water partition coefficient (Wildman–Crippen LogP) is 2.90. The number of carbonyl (C=O) groups is 1. The third-order valence-corrected chi connectivity index (χ3v) is 2.77. The van der Waals surface area contributed by atoms with E-state index in [0.29, 0.717) is 0 Å². The van der Waals surface area contributed by atoms with Gasteiger partial charge in [-0.3, -0.25) is 0 Å². The minimum absolute atomic E-state index is 0.173. The highest BCUT2D eigenvalue weighted by molar-refractivity contribution is 6.31. The third kappa shape index (κ3) is 2.17. The van der Waals surface area contributed by atoms with E-state index >= 15 is 0 Å². The van der Waals surface area contributed by atoms with Crippen LogP contribution < -0.4 is 5.32 Å². The van der Waals surface area contributed by atoms with Crippen molar-refractivity contribution in [2.45, 2.75) is 12.0 Å². The molecule has 0 aromatic heterocycles. The topological polar surface area (TPSA) is 38.3 Å². The normalized spacial score (nSPS) is 22.8. The van der Waals surface area contributed by atoms with Crippen LogP contribution in [0.5, 0.6) is 0 Å². The molecule has 0 radical (unpaired) electrons. The molecular formula is C10H7ClF3NO2. The van der Waals surface area contributed by atoms with Gasteiger partial charge in [0.2, 0.25) is 0 Å². The van der Waals surface area contributed by atoms with E-state index in [1.165, 1.54) is 12.1 Å². The maximum atomic E-state index is 13.5. The van der Waals surface area contributed by atoms with Crippen molar-refractivity contribution in [2.75, 3.05) is 6.61 Å². The van der Waals surface area contributed by atoms with E-state index in [-0.39, 0.29) is 5.56 Å². The fraction of sp³-hybridized carbons (Fsp3) is 0.300. The van der Waals surface area contributed by atoms with Gasteiger partial charge in [-0.05, 0) is 6.07 Å². The molecule has 1 aromatic rings. The first kappa shape index (κ1) is 12.0. The molecule has 1 atom stereocenters. The van der Waals surface area contributed by atoms with Gasteiger partial charge in [-0.15, -0.1) is 0 Å². The van der Waals surface area contributed by atoms with Crippen LogP contribution in [-0.2, 0) is 4.74 Å². The summed E-state index contributed by atoms with van der Waals surface area (Å²) in [5.74, 6) is -4.16. The smallest absolute Gasteiger partial charge is 0.408 e. The highest BCUT2D eigenvalue weighted by Crippen LogP contribution is 2.38. The van der Waals surface area contributed by atoms with Crippen LogP contribution in [0, 0.1) is 5.82 Å². The second-order valence-electron chi connectivity index (χ2n) is 3.56. The van der Waals surface area contributed by atoms with E-state index in [4.69, 9.17) is 11.6 Å². The molecular weight excluding hydrogens is 259 g/mol. The zero-order valence-electron chi connectivity index (χ0n) is 8.34. The average Bonchev–Trinajstić information content (AvgIpc) is 2.26. The average molecular weight is 266 g/mol. The largest absolute Gasteiger partial charge is 0.443 e. The summed E-state index contributed by atoms with van der Waals surface area (Å²) in [6, 6.07) is 1.83. The van der Waals surface area contributed by atoms with Gasteiger partial charge >= 0.3 is 12.0 Å². The molecule has 0 spiro atoms. The molecule has 1 fully saturated rings. The molecule has 1 aliphatic rings. The van der Waals surface area contributed by atoms with Crippen LogP contribution in [0.25, 0.3) is 0 Å². The van der Waals surface area contributed by atoms with Gasteiger partial charge < -0.3 is 10.1 Å². The Morgan fingerprint density at radius 2 is 2.18 bits per heavy atom. The Balaban J connectivity index is 2.43. The molecule has 92 valence electrons. The molecule has 0 saturated carbocycles. The van der Waals surface area contributed by atoms with Crippen molar-refractivity contribution < 1.29 is 22.7 Å². The Morgan fingerprint density at radius 1 is 1.47 bits per heavy atom. The Labute approximate surface area is 99.5 Å². The molecule has 1 heterocycles. The van der Waals surface area contributed by atoms with Crippen LogP contribution in [0.15, 0.2) is 18.2 Å². The summed E-state index contributed by atoms with van der Waals surface area (Å²) in [7, 11) is 0. The van der Waals surface area contributed by atoms with Gasteiger partial charge in [-0.2, -0.15) is 0 Å². The zero-order valence-corrected chi connectivity index (χ0v) is 9.10. The van der Waals surface area contributed by atoms with Crippen molar-refractivity contribution in [3.8, 4) is 0 Å². The summed E-state index contributed by atoms with van der Waals surface area (Å²) in [4.78, 5) is 10.9. The first-order chi connectivity index (χ1) is 7.92. The Hall–Kier alpha value is -1.43. The van der Waals surface area contributed by atoms with Gasteiger partial charge in [0.15, 0.2) is 6.61 Å². The Bertz CT molecular complexity index is 467. The van der Waals surface area contributed by atoms with Crippen LogP contribution in [0.4, 0.5) is 18.0 Å². The molecule has 1 N–H and O–H groups in total. The Morgan fingerprint density at radius 3 is 2.88 bits per heavy atom. The minimum atomic E-state index is -3.34. The summed E-state index contributed by atoms with van der Waals surface area (Å²) >= 11 is 5.60. The van der Waals surface area contributed by atoms with E-state index in [9.17, 15) is 18.0 Å². The molecule has 1 aromatic carbocycles. The van der Waals surface area contributed by atoms with Crippen molar-refractivity contribution >= 4 is 17.7 Å². The highest BCUT2D eigenvalue weighted by atomic mass is 35.5. The number of halogens is 4. The Kier molecular flexibility index (Phi) is 2.91. The number of cyclic esters (lactones) is 1. The van der Waals surface area contributed by atoms with Gasteiger partial charge in [0.25, 0.3) is 0 Å². The van der Waals surface area contributed by atoms with Crippen molar-refractivity contribution in [1.29, 1.82) is 0 Å². The fourth-order valence-corrected chi connectivity index (χ4v) is 1.79. The van der Waals surface area contributed by atoms with E-state index < -0.39 is 35.5 Å². The number of benzene rings is 1. The number of hydrogen-bond donors (Lipinski definition) is 1. The molecule has 0 aliphatic carbocycles. The maximum Gasteiger partial charge on any atom is 0.408 e. The predicted molar refractivity (Wildman–Crippen MR) is 53.6 cm³/mol. The third-order valence-electron chi connectivity index (χ3n) is 2.37. The van der Waals surface area contributed by atoms with Crippen LogP contribution in [0.3, 0.4) is 0 Å². The highest BCUT2D eigenvalue weighted by Gasteiger charge is 2.47. The molecule has 1 amide bonds. The van der Waals surface area contributed by atoms with Crippen LogP contribution in [0.1, 0.15) is 11.6 Å². The van der Waals surface area contributed by atoms with E-state index in [2.05, 4.69) is 4.74 Å². The number of nitrogens with one attached hydrogen (secondary N) is 1. The lowest BCUT2D eigenvalue weighted by Gasteiger charge is -2.32. The van der Waals surface area contributed by atoms with Gasteiger partial charge in [-0.1, -0.05) is 23.7 Å². The standard InChI is InChI=1S/C10H7ClF3NO2/c11-7-5(2-1-3-6(7)12)8-10(13,14)4-17-9(16)15-8/h1-3,8H,4H2,(H,15,16)/t8-/m1/s1. The summed E-state index contributed by atoms with van der Waals surface area (Å²) < 4.78 is 44.4. The molecule has 17 heavy (non-hydrogen) atoms. The second kappa shape index (κ2) is 4.10. The summed E-state index contributed by atoms with van der Waals surface area (Å²) in [5.41, 5.74) is -0.173. The number of alkyl halides is 2. The minimum Gasteiger partial charge on any atom is -0.443 e. The van der Waals surface area contributed by atoms with Crippen molar-refractivity contribution in [1.82, 2.24) is 5.32 Å². The molecule has 1 saturated heterocycles. The lowest BCUT2D eigenvalue weighted by atomic mass is 10.00. The number of carbonyl (C=O) groups excluding carboxylic acids is 1. The maximum absolute atomic E-state index is 13.5. The van der Waals surface area contributed by atoms with Crippen LogP contribution in [-0.4, -0.2) is 18.6 Å². The number of hydrogen-bond acceptors (Lipinski definition) is 2. The van der Waals surface area contributed by atoms with E-state index in [1.807, 2.05) is 5.32 Å². The number of amides is 1. The van der Waals surface area contributed by atoms with Crippen LogP contribution >= 0.6 is 11.6 Å². The molecule has 2 rings (SSSR count). The number of alkyl carbamates (subject to hydrolysis) is 1. The summed E-state index contributed by atoms with van der Waals surface area (Å²) in [6.45, 7) is -1.06. The monoisotopic (exact) mass is 265 g/mol. The van der Waals surface area contributed by atoms with Gasteiger partial charge in [0, 0.05) is 5.56 Å². The molecule has 7 heteroatoms. The lowest BCUT2D eigenvalue weighted by Crippen LogP contribution is -2.49. The zero-order chi connectivity index (χ0) is 12.6. The van der Waals surface area contributed by atoms with Crippen molar-refractivity contribution in [3.05, 3.63) is 34.6 Å². The van der Waals surface area contributed by atoms with E-state index in [1.54, 1.807) is 0 Å². The molecule has 0 bridgehead atoms. The fourth-order valence-electron chi connectivity index (χ4n) is 1.56. The first-order valence-electron chi connectivity index (χ1n) is 4.67. The number of ether oxygens (including phenoxy) is 1. The van der Waals surface area contributed by atoms with E-state index in [0.717, 1.165) is 6.07 Å². The van der Waals surface area contributed by atoms with Gasteiger partial charge in [-0.25, -0.2) is 18.0 Å². The molecule has 3 nitrogen and oxygen atoms in total. The van der Waals surface area contributed by atoms with Crippen molar-refractivity contribution in [3.63, 3.8) is 0 Å². The summed E-state index contributed by atoms with van der Waals surface area (Å²) in [5, 5.41) is 1.50. The quantitative estimate of drug-likeness (QED) is 0.848. The van der Waals surface area contributed by atoms with Crippen molar-refractivity contribution in [2.24, 2.45) is 0 Å². The van der Waals surface area contributed by atoms with Gasteiger partial charge in [0.1, 0.15) is 11.9 Å². The second-order valence-corrected chi connectivity index (χ2v) is 3.94. The number of rotatable bonds is 1. The molecule has 0 unspecified atom stereocenters. The van der Waals surface area contributed by atoms with Crippen LogP contribution in [0.2, 0.25) is 5.02 Å². The lowest BCUT2D eigenvalue weighted by molar-refractivity contribution is -0.104.